The predicted octanol–water partition coefficient (Wildman–Crippen LogP) is 1.27. The zero-order valence-electron chi connectivity index (χ0n) is 13.2. The number of methoxy groups -OCH3 is 1. The maximum absolute atomic E-state index is 11.8. The Morgan fingerprint density at radius 2 is 1.80 bits per heavy atom. The number of amides is 2. The molecule has 0 atom stereocenters. The molecule has 0 heterocycles. The minimum atomic E-state index is -0.964. The molecule has 0 saturated carbocycles. The van der Waals surface area contributed by atoms with E-state index in [1.165, 1.54) is 49.7 Å². The second-order valence-corrected chi connectivity index (χ2v) is 4.82. The molecule has 0 radical (unpaired) electrons. The Balaban J connectivity index is 1.89. The fourth-order valence-corrected chi connectivity index (χ4v) is 1.82. The Bertz CT molecular complexity index is 815. The molecule has 2 aromatic carbocycles. The topological polar surface area (TPSA) is 117 Å². The van der Waals surface area contributed by atoms with Crippen LogP contribution in [0.2, 0.25) is 0 Å². The van der Waals surface area contributed by atoms with Crippen LogP contribution in [0.5, 0.6) is 5.75 Å². The third kappa shape index (κ3) is 5.17. The lowest BCUT2D eigenvalue weighted by Crippen LogP contribution is -2.32. The van der Waals surface area contributed by atoms with E-state index in [9.17, 15) is 19.5 Å². The summed E-state index contributed by atoms with van der Waals surface area (Å²) in [5, 5.41) is 15.3. The summed E-state index contributed by atoms with van der Waals surface area (Å²) in [7, 11) is 1.26. The summed E-state index contributed by atoms with van der Waals surface area (Å²) in [5.41, 5.74) is 3.28. The molecule has 0 saturated heterocycles. The number of hydrogen-bond acceptors (Lipinski definition) is 6. The van der Waals surface area contributed by atoms with Crippen molar-refractivity contribution in [3.05, 3.63) is 59.7 Å². The van der Waals surface area contributed by atoms with Crippen LogP contribution in [0.4, 0.5) is 5.69 Å². The number of nitrogens with one attached hydrogen (secondary N) is 2. The first-order chi connectivity index (χ1) is 12.0. The van der Waals surface area contributed by atoms with Crippen molar-refractivity contribution in [3.63, 3.8) is 0 Å². The standard InChI is InChI=1S/C17H15N3O5/c1-25-17(24)12-5-7-13(8-6-12)19-15(22)16(23)20-18-10-11-3-2-4-14(21)9-11/h2-10,21H,1H3,(H,19,22)(H,20,23)/b18-10+. The second-order valence-electron chi connectivity index (χ2n) is 4.82. The third-order valence-corrected chi connectivity index (χ3v) is 3.02. The number of phenolic OH excluding ortho intramolecular Hbond substituents is 1. The van der Waals surface area contributed by atoms with Crippen LogP contribution in [0.25, 0.3) is 0 Å². The molecular formula is C17H15N3O5. The monoisotopic (exact) mass is 341 g/mol. The Morgan fingerprint density at radius 3 is 2.44 bits per heavy atom. The molecule has 0 aromatic heterocycles. The lowest BCUT2D eigenvalue weighted by atomic mass is 10.2. The summed E-state index contributed by atoms with van der Waals surface area (Å²) in [6, 6.07) is 12.1. The number of hydrazone groups is 1. The van der Waals surface area contributed by atoms with E-state index in [-0.39, 0.29) is 5.75 Å². The van der Waals surface area contributed by atoms with Crippen LogP contribution in [0.1, 0.15) is 15.9 Å². The minimum absolute atomic E-state index is 0.0587. The highest BCUT2D eigenvalue weighted by atomic mass is 16.5. The summed E-state index contributed by atoms with van der Waals surface area (Å²) in [4.78, 5) is 34.7. The molecular weight excluding hydrogens is 326 g/mol. The summed E-state index contributed by atoms with van der Waals surface area (Å²) in [6.45, 7) is 0. The zero-order chi connectivity index (χ0) is 18.2. The van der Waals surface area contributed by atoms with Gasteiger partial charge in [-0.3, -0.25) is 9.59 Å². The van der Waals surface area contributed by atoms with Crippen LogP contribution in [0.15, 0.2) is 53.6 Å². The Hall–Kier alpha value is -3.68. The van der Waals surface area contributed by atoms with E-state index in [0.29, 0.717) is 16.8 Å². The van der Waals surface area contributed by atoms with E-state index in [1.807, 2.05) is 0 Å². The van der Waals surface area contributed by atoms with Gasteiger partial charge in [-0.15, -0.1) is 0 Å². The molecule has 25 heavy (non-hydrogen) atoms. The van der Waals surface area contributed by atoms with Crippen molar-refractivity contribution < 1.29 is 24.2 Å². The van der Waals surface area contributed by atoms with Crippen molar-refractivity contribution in [2.45, 2.75) is 0 Å². The van der Waals surface area contributed by atoms with E-state index in [1.54, 1.807) is 12.1 Å². The van der Waals surface area contributed by atoms with E-state index < -0.39 is 17.8 Å². The molecule has 0 fully saturated rings. The first kappa shape index (κ1) is 17.7. The maximum atomic E-state index is 11.8. The van der Waals surface area contributed by atoms with Gasteiger partial charge in [0.25, 0.3) is 0 Å². The van der Waals surface area contributed by atoms with Gasteiger partial charge in [0, 0.05) is 5.69 Å². The van der Waals surface area contributed by atoms with Gasteiger partial charge < -0.3 is 15.2 Å². The van der Waals surface area contributed by atoms with Gasteiger partial charge in [-0.2, -0.15) is 5.10 Å². The lowest BCUT2D eigenvalue weighted by Gasteiger charge is -2.05. The molecule has 8 nitrogen and oxygen atoms in total. The molecule has 0 bridgehead atoms. The number of anilines is 1. The van der Waals surface area contributed by atoms with Gasteiger partial charge in [-0.25, -0.2) is 10.2 Å². The van der Waals surface area contributed by atoms with Gasteiger partial charge in [-0.1, -0.05) is 12.1 Å². The van der Waals surface area contributed by atoms with Crippen molar-refractivity contribution in [1.82, 2.24) is 5.43 Å². The summed E-state index contributed by atoms with van der Waals surface area (Å²) < 4.78 is 4.56. The van der Waals surface area contributed by atoms with E-state index in [2.05, 4.69) is 20.6 Å². The fraction of sp³-hybridized carbons (Fsp3) is 0.0588. The van der Waals surface area contributed by atoms with E-state index >= 15 is 0 Å². The molecule has 2 aromatic rings. The van der Waals surface area contributed by atoms with Gasteiger partial charge in [0.1, 0.15) is 5.75 Å². The average Bonchev–Trinajstić information content (AvgIpc) is 2.61. The van der Waals surface area contributed by atoms with Crippen LogP contribution in [-0.4, -0.2) is 36.2 Å². The van der Waals surface area contributed by atoms with Crippen LogP contribution < -0.4 is 10.7 Å². The summed E-state index contributed by atoms with van der Waals surface area (Å²) in [6.07, 6.45) is 1.29. The highest BCUT2D eigenvalue weighted by Crippen LogP contribution is 2.10. The molecule has 2 rings (SSSR count). The van der Waals surface area contributed by atoms with Crippen LogP contribution in [0.3, 0.4) is 0 Å². The quantitative estimate of drug-likeness (QED) is 0.335. The Kier molecular flexibility index (Phi) is 5.83. The van der Waals surface area contributed by atoms with E-state index in [0.717, 1.165) is 0 Å². The number of esters is 1. The number of ether oxygens (including phenoxy) is 1. The number of benzene rings is 2. The number of carbonyl (C=O) groups excluding carboxylic acids is 3. The van der Waals surface area contributed by atoms with Gasteiger partial charge in [-0.05, 0) is 42.0 Å². The van der Waals surface area contributed by atoms with Crippen LogP contribution in [-0.2, 0) is 14.3 Å². The largest absolute Gasteiger partial charge is 0.508 e. The molecule has 3 N–H and O–H groups in total. The molecule has 0 unspecified atom stereocenters. The number of phenols is 1. The maximum Gasteiger partial charge on any atom is 0.337 e. The first-order valence-electron chi connectivity index (χ1n) is 7.11. The van der Waals surface area contributed by atoms with Gasteiger partial charge in [0.15, 0.2) is 0 Å². The molecule has 0 spiro atoms. The van der Waals surface area contributed by atoms with Crippen molar-refractivity contribution in [3.8, 4) is 5.75 Å². The molecule has 0 aliphatic rings. The smallest absolute Gasteiger partial charge is 0.337 e. The summed E-state index contributed by atoms with van der Waals surface area (Å²) >= 11 is 0. The zero-order valence-corrected chi connectivity index (χ0v) is 13.2. The summed E-state index contributed by atoms with van der Waals surface area (Å²) in [5.74, 6) is -2.33. The predicted molar refractivity (Wildman–Crippen MR) is 90.3 cm³/mol. The van der Waals surface area contributed by atoms with Gasteiger partial charge in [0.05, 0.1) is 18.9 Å². The molecule has 8 heteroatoms. The van der Waals surface area contributed by atoms with Crippen molar-refractivity contribution in [1.29, 1.82) is 0 Å². The van der Waals surface area contributed by atoms with Crippen molar-refractivity contribution in [2.75, 3.05) is 12.4 Å². The molecule has 128 valence electrons. The van der Waals surface area contributed by atoms with Gasteiger partial charge in [0.2, 0.25) is 0 Å². The number of aromatic hydroxyl groups is 1. The molecule has 0 aliphatic heterocycles. The van der Waals surface area contributed by atoms with Crippen molar-refractivity contribution >= 4 is 29.7 Å². The van der Waals surface area contributed by atoms with Gasteiger partial charge >= 0.3 is 17.8 Å². The fourth-order valence-electron chi connectivity index (χ4n) is 1.82. The average molecular weight is 341 g/mol. The van der Waals surface area contributed by atoms with E-state index in [4.69, 9.17) is 0 Å². The second kappa shape index (κ2) is 8.25. The number of rotatable bonds is 4. The van der Waals surface area contributed by atoms with Crippen LogP contribution in [0, 0.1) is 0 Å². The number of hydrogen-bond donors (Lipinski definition) is 3. The molecule has 2 amide bonds. The highest BCUT2D eigenvalue weighted by Gasteiger charge is 2.13. The Labute approximate surface area is 143 Å². The van der Waals surface area contributed by atoms with Crippen molar-refractivity contribution in [2.24, 2.45) is 5.10 Å². The minimum Gasteiger partial charge on any atom is -0.508 e. The molecule has 0 aliphatic carbocycles. The highest BCUT2D eigenvalue weighted by molar-refractivity contribution is 6.39. The SMILES string of the molecule is COC(=O)c1ccc(NC(=O)C(=O)N/N=C/c2cccc(O)c2)cc1. The van der Waals surface area contributed by atoms with Crippen LogP contribution >= 0.6 is 0 Å². The third-order valence-electron chi connectivity index (χ3n) is 3.02. The Morgan fingerprint density at radius 1 is 1.08 bits per heavy atom. The number of carbonyl (C=O) groups is 3. The number of nitrogens with zero attached hydrogens (tertiary/aromatic N) is 1. The normalized spacial score (nSPS) is 10.3. The lowest BCUT2D eigenvalue weighted by molar-refractivity contribution is -0.136. The first-order valence-corrected chi connectivity index (χ1v) is 7.11.